The van der Waals surface area contributed by atoms with Crippen LogP contribution in [0.25, 0.3) is 5.65 Å². The van der Waals surface area contributed by atoms with Crippen LogP contribution in [0.1, 0.15) is 24.8 Å². The lowest BCUT2D eigenvalue weighted by Gasteiger charge is -2.40. The predicted molar refractivity (Wildman–Crippen MR) is 69.8 cm³/mol. The van der Waals surface area contributed by atoms with Crippen molar-refractivity contribution in [1.82, 2.24) is 14.6 Å². The molecule has 0 bridgehead atoms. The molecule has 3 rings (SSSR count). The molecular weight excluding hydrogens is 228 g/mol. The van der Waals surface area contributed by atoms with E-state index in [2.05, 4.69) is 28.4 Å². The highest BCUT2D eigenvalue weighted by Crippen LogP contribution is 2.35. The van der Waals surface area contributed by atoms with E-state index in [1.54, 1.807) is 13.4 Å². The average molecular weight is 246 g/mol. The molecule has 0 atom stereocenters. The standard InChI is InChI=1S/C13H18N4O/c1-10-6-11(17-12(7-10)15-9-16-17)14-8-13(18-2)4-3-5-13/h6-7,9,14H,3-5,8H2,1-2H3. The molecular formula is C13H18N4O. The van der Waals surface area contributed by atoms with Crippen LogP contribution in [0.4, 0.5) is 5.82 Å². The van der Waals surface area contributed by atoms with Crippen LogP contribution >= 0.6 is 0 Å². The van der Waals surface area contributed by atoms with Gasteiger partial charge in [-0.25, -0.2) is 4.98 Å². The molecule has 96 valence electrons. The molecule has 0 amide bonds. The third-order valence-electron chi connectivity index (χ3n) is 3.81. The fourth-order valence-electron chi connectivity index (χ4n) is 2.46. The molecule has 1 fully saturated rings. The van der Waals surface area contributed by atoms with Gasteiger partial charge in [0.15, 0.2) is 5.65 Å². The lowest BCUT2D eigenvalue weighted by Crippen LogP contribution is -2.45. The minimum absolute atomic E-state index is 0.0106. The number of aryl methyl sites for hydroxylation is 1. The molecule has 1 aliphatic rings. The molecule has 1 N–H and O–H groups in total. The van der Waals surface area contributed by atoms with Crippen molar-refractivity contribution in [3.8, 4) is 0 Å². The summed E-state index contributed by atoms with van der Waals surface area (Å²) in [5, 5.41) is 7.68. The number of hydrogen-bond acceptors (Lipinski definition) is 4. The van der Waals surface area contributed by atoms with Gasteiger partial charge in [0.1, 0.15) is 12.1 Å². The van der Waals surface area contributed by atoms with Crippen molar-refractivity contribution in [1.29, 1.82) is 0 Å². The fraction of sp³-hybridized carbons (Fsp3) is 0.538. The van der Waals surface area contributed by atoms with Gasteiger partial charge in [0, 0.05) is 13.7 Å². The number of nitrogens with one attached hydrogen (secondary N) is 1. The molecule has 0 saturated heterocycles. The number of aromatic nitrogens is 3. The number of anilines is 1. The lowest BCUT2D eigenvalue weighted by atomic mass is 9.80. The molecule has 1 aliphatic carbocycles. The second kappa shape index (κ2) is 4.24. The summed E-state index contributed by atoms with van der Waals surface area (Å²) in [5.74, 6) is 0.978. The van der Waals surface area contributed by atoms with Crippen molar-refractivity contribution in [3.63, 3.8) is 0 Å². The van der Waals surface area contributed by atoms with E-state index in [0.717, 1.165) is 30.9 Å². The number of ether oxygens (including phenoxy) is 1. The summed E-state index contributed by atoms with van der Waals surface area (Å²) in [6, 6.07) is 4.11. The first-order chi connectivity index (χ1) is 8.72. The quantitative estimate of drug-likeness (QED) is 0.896. The number of pyridine rings is 1. The maximum atomic E-state index is 5.61. The van der Waals surface area contributed by atoms with Gasteiger partial charge in [0.25, 0.3) is 0 Å². The zero-order valence-electron chi connectivity index (χ0n) is 10.8. The highest BCUT2D eigenvalue weighted by Gasteiger charge is 2.36. The van der Waals surface area contributed by atoms with E-state index in [0.29, 0.717) is 0 Å². The Morgan fingerprint density at radius 1 is 1.44 bits per heavy atom. The van der Waals surface area contributed by atoms with Crippen molar-refractivity contribution in [2.45, 2.75) is 31.8 Å². The van der Waals surface area contributed by atoms with Gasteiger partial charge in [-0.3, -0.25) is 0 Å². The first kappa shape index (κ1) is 11.5. The Kier molecular flexibility index (Phi) is 2.70. The number of rotatable bonds is 4. The van der Waals surface area contributed by atoms with Gasteiger partial charge >= 0.3 is 0 Å². The predicted octanol–water partition coefficient (Wildman–Crippen LogP) is 2.02. The monoisotopic (exact) mass is 246 g/mol. The molecule has 0 radical (unpaired) electrons. The Bertz CT molecular complexity index is 554. The van der Waals surface area contributed by atoms with E-state index in [9.17, 15) is 0 Å². The maximum Gasteiger partial charge on any atom is 0.157 e. The molecule has 18 heavy (non-hydrogen) atoms. The normalized spacial score (nSPS) is 17.7. The molecule has 0 unspecified atom stereocenters. The summed E-state index contributed by atoms with van der Waals surface area (Å²) >= 11 is 0. The van der Waals surface area contributed by atoms with Crippen molar-refractivity contribution in [2.24, 2.45) is 0 Å². The average Bonchev–Trinajstić information content (AvgIpc) is 2.75. The van der Waals surface area contributed by atoms with E-state index in [1.165, 1.54) is 12.0 Å². The van der Waals surface area contributed by atoms with Crippen molar-refractivity contribution in [3.05, 3.63) is 24.0 Å². The summed E-state index contributed by atoms with van der Waals surface area (Å²) in [4.78, 5) is 4.22. The van der Waals surface area contributed by atoms with E-state index in [4.69, 9.17) is 4.74 Å². The first-order valence-corrected chi connectivity index (χ1v) is 6.32. The van der Waals surface area contributed by atoms with Crippen molar-refractivity contribution >= 4 is 11.5 Å². The van der Waals surface area contributed by atoms with Gasteiger partial charge in [0.05, 0.1) is 5.60 Å². The van der Waals surface area contributed by atoms with Crippen LogP contribution in [0.5, 0.6) is 0 Å². The van der Waals surface area contributed by atoms with Crippen LogP contribution in [-0.4, -0.2) is 33.9 Å². The van der Waals surface area contributed by atoms with Gasteiger partial charge in [-0.2, -0.15) is 9.61 Å². The third kappa shape index (κ3) is 1.84. The zero-order chi connectivity index (χ0) is 12.6. The maximum absolute atomic E-state index is 5.61. The fourth-order valence-corrected chi connectivity index (χ4v) is 2.46. The molecule has 0 aliphatic heterocycles. The number of methoxy groups -OCH3 is 1. The SMILES string of the molecule is COC1(CNc2cc(C)cc3ncnn23)CCC1. The molecule has 0 aromatic carbocycles. The summed E-state index contributed by atoms with van der Waals surface area (Å²) in [6.45, 7) is 2.89. The number of hydrogen-bond donors (Lipinski definition) is 1. The molecule has 1 saturated carbocycles. The zero-order valence-corrected chi connectivity index (χ0v) is 10.8. The highest BCUT2D eigenvalue weighted by molar-refractivity contribution is 5.51. The number of fused-ring (bicyclic) bond motifs is 1. The summed E-state index contributed by atoms with van der Waals surface area (Å²) in [7, 11) is 1.79. The molecule has 0 spiro atoms. The van der Waals surface area contributed by atoms with Crippen LogP contribution < -0.4 is 5.32 Å². The van der Waals surface area contributed by atoms with Crippen molar-refractivity contribution < 1.29 is 4.74 Å². The third-order valence-corrected chi connectivity index (χ3v) is 3.81. The van der Waals surface area contributed by atoms with Crippen LogP contribution in [0.15, 0.2) is 18.5 Å². The second-order valence-electron chi connectivity index (χ2n) is 5.04. The Labute approximate surface area is 106 Å². The van der Waals surface area contributed by atoms with Gasteiger partial charge in [0.2, 0.25) is 0 Å². The Morgan fingerprint density at radius 2 is 2.28 bits per heavy atom. The second-order valence-corrected chi connectivity index (χ2v) is 5.04. The van der Waals surface area contributed by atoms with Crippen LogP contribution in [-0.2, 0) is 4.74 Å². The van der Waals surface area contributed by atoms with E-state index in [-0.39, 0.29) is 5.60 Å². The molecule has 5 heteroatoms. The smallest absolute Gasteiger partial charge is 0.157 e. The van der Waals surface area contributed by atoms with E-state index in [1.807, 2.05) is 10.6 Å². The summed E-state index contributed by atoms with van der Waals surface area (Å²) in [5.41, 5.74) is 2.06. The summed E-state index contributed by atoms with van der Waals surface area (Å²) in [6.07, 6.45) is 5.09. The molecule has 2 aromatic heterocycles. The Morgan fingerprint density at radius 3 is 2.94 bits per heavy atom. The molecule has 2 heterocycles. The van der Waals surface area contributed by atoms with Crippen LogP contribution in [0.2, 0.25) is 0 Å². The largest absolute Gasteiger partial charge is 0.376 e. The van der Waals surface area contributed by atoms with Crippen molar-refractivity contribution in [2.75, 3.05) is 19.0 Å². The van der Waals surface area contributed by atoms with E-state index >= 15 is 0 Å². The number of nitrogens with zero attached hydrogens (tertiary/aromatic N) is 3. The molecule has 2 aromatic rings. The Balaban J connectivity index is 1.83. The van der Waals surface area contributed by atoms with Gasteiger partial charge in [-0.1, -0.05) is 0 Å². The lowest BCUT2D eigenvalue weighted by molar-refractivity contribution is -0.0601. The first-order valence-electron chi connectivity index (χ1n) is 6.32. The summed E-state index contributed by atoms with van der Waals surface area (Å²) < 4.78 is 7.44. The van der Waals surface area contributed by atoms with Crippen LogP contribution in [0, 0.1) is 6.92 Å². The minimum atomic E-state index is 0.0106. The Hall–Kier alpha value is -1.62. The highest BCUT2D eigenvalue weighted by atomic mass is 16.5. The van der Waals surface area contributed by atoms with Crippen LogP contribution in [0.3, 0.4) is 0 Å². The van der Waals surface area contributed by atoms with Gasteiger partial charge in [-0.05, 0) is 43.9 Å². The van der Waals surface area contributed by atoms with E-state index < -0.39 is 0 Å². The minimum Gasteiger partial charge on any atom is -0.376 e. The molecule has 5 nitrogen and oxygen atoms in total. The topological polar surface area (TPSA) is 51.5 Å². The van der Waals surface area contributed by atoms with Gasteiger partial charge < -0.3 is 10.1 Å². The van der Waals surface area contributed by atoms with Gasteiger partial charge in [-0.15, -0.1) is 0 Å².